The number of aldehydes is 1. The number of ether oxygens (including phenoxy) is 2. The minimum atomic E-state index is -1.35. The predicted octanol–water partition coefficient (Wildman–Crippen LogP) is 0.318. The molecule has 5 nitrogen and oxygen atoms in total. The summed E-state index contributed by atoms with van der Waals surface area (Å²) in [6.07, 6.45) is 0.808. The van der Waals surface area contributed by atoms with Gasteiger partial charge in [0, 0.05) is 5.92 Å². The van der Waals surface area contributed by atoms with Crippen molar-refractivity contribution in [1.82, 2.24) is 0 Å². The first-order valence-corrected chi connectivity index (χ1v) is 4.93. The van der Waals surface area contributed by atoms with Crippen LogP contribution >= 0.6 is 0 Å². The molecule has 0 heterocycles. The first-order chi connectivity index (χ1) is 7.13. The summed E-state index contributed by atoms with van der Waals surface area (Å²) in [4.78, 5) is 33.6. The molecule has 84 valence electrons. The zero-order valence-corrected chi connectivity index (χ0v) is 8.82. The molecule has 1 aliphatic rings. The smallest absolute Gasteiger partial charge is 0.324 e. The van der Waals surface area contributed by atoms with E-state index in [0.717, 1.165) is 0 Å². The molecule has 0 N–H and O–H groups in total. The molecule has 1 fully saturated rings. The van der Waals surface area contributed by atoms with Gasteiger partial charge in [0.2, 0.25) is 0 Å². The molecule has 1 aliphatic carbocycles. The van der Waals surface area contributed by atoms with Gasteiger partial charge < -0.3 is 14.3 Å². The second kappa shape index (κ2) is 4.42. The molecule has 0 bridgehead atoms. The standard InChI is InChI=1S/C10H14O5/c1-3-14-8(12)10(5-7(10)6-11)9(13)15-4-2/h6-7H,3-5H2,1-2H3/t7-/m1/s1. The fraction of sp³-hybridized carbons (Fsp3) is 0.700. The van der Waals surface area contributed by atoms with Gasteiger partial charge in [-0.2, -0.15) is 0 Å². The van der Waals surface area contributed by atoms with Gasteiger partial charge in [0.25, 0.3) is 0 Å². The Morgan fingerprint density at radius 1 is 1.27 bits per heavy atom. The molecule has 1 saturated carbocycles. The van der Waals surface area contributed by atoms with Crippen LogP contribution in [0.25, 0.3) is 0 Å². The summed E-state index contributed by atoms with van der Waals surface area (Å²) < 4.78 is 9.54. The van der Waals surface area contributed by atoms with Gasteiger partial charge >= 0.3 is 11.9 Å². The number of esters is 2. The molecule has 0 amide bonds. The maximum atomic E-state index is 11.5. The van der Waals surface area contributed by atoms with Gasteiger partial charge in [0.05, 0.1) is 13.2 Å². The van der Waals surface area contributed by atoms with Crippen molar-refractivity contribution in [3.63, 3.8) is 0 Å². The average Bonchev–Trinajstić information content (AvgIpc) is 2.94. The average molecular weight is 214 g/mol. The van der Waals surface area contributed by atoms with Gasteiger partial charge in [0.1, 0.15) is 6.29 Å². The van der Waals surface area contributed by atoms with Gasteiger partial charge in [0.15, 0.2) is 5.41 Å². The van der Waals surface area contributed by atoms with Crippen molar-refractivity contribution < 1.29 is 23.9 Å². The molecule has 0 spiro atoms. The van der Waals surface area contributed by atoms with E-state index < -0.39 is 23.3 Å². The van der Waals surface area contributed by atoms with Crippen LogP contribution < -0.4 is 0 Å². The zero-order chi connectivity index (χ0) is 11.5. The van der Waals surface area contributed by atoms with E-state index in [4.69, 9.17) is 9.47 Å². The summed E-state index contributed by atoms with van der Waals surface area (Å²) in [5.41, 5.74) is -1.35. The first kappa shape index (κ1) is 11.7. The van der Waals surface area contributed by atoms with Gasteiger partial charge in [-0.15, -0.1) is 0 Å². The highest BCUT2D eigenvalue weighted by Gasteiger charge is 2.68. The van der Waals surface area contributed by atoms with E-state index in [1.807, 2.05) is 0 Å². The molecular formula is C10H14O5. The zero-order valence-electron chi connectivity index (χ0n) is 8.82. The highest BCUT2D eigenvalue weighted by Crippen LogP contribution is 2.53. The Labute approximate surface area is 87.7 Å². The third-order valence-electron chi connectivity index (χ3n) is 2.46. The molecule has 0 radical (unpaired) electrons. The number of rotatable bonds is 5. The number of hydrogen-bond acceptors (Lipinski definition) is 5. The second-order valence-electron chi connectivity index (χ2n) is 3.36. The monoisotopic (exact) mass is 214 g/mol. The van der Waals surface area contributed by atoms with Gasteiger partial charge in [-0.3, -0.25) is 9.59 Å². The molecule has 1 rings (SSSR count). The van der Waals surface area contributed by atoms with E-state index in [9.17, 15) is 14.4 Å². The lowest BCUT2D eigenvalue weighted by atomic mass is 10.1. The van der Waals surface area contributed by atoms with Crippen molar-refractivity contribution in [3.05, 3.63) is 0 Å². The molecule has 0 aromatic carbocycles. The van der Waals surface area contributed by atoms with E-state index in [1.165, 1.54) is 0 Å². The SMILES string of the molecule is CCOC(=O)C1(C(=O)OCC)C[C@@H]1C=O. The lowest BCUT2D eigenvalue weighted by Gasteiger charge is -2.12. The van der Waals surface area contributed by atoms with Crippen LogP contribution in [0.4, 0.5) is 0 Å². The molecule has 15 heavy (non-hydrogen) atoms. The topological polar surface area (TPSA) is 69.7 Å². The second-order valence-corrected chi connectivity index (χ2v) is 3.36. The maximum absolute atomic E-state index is 11.5. The van der Waals surface area contributed by atoms with Crippen molar-refractivity contribution in [2.45, 2.75) is 20.3 Å². The quantitative estimate of drug-likeness (QED) is 0.374. The van der Waals surface area contributed by atoms with Gasteiger partial charge in [-0.25, -0.2) is 0 Å². The van der Waals surface area contributed by atoms with Gasteiger partial charge in [-0.05, 0) is 20.3 Å². The lowest BCUT2D eigenvalue weighted by Crippen LogP contribution is -2.32. The Bertz CT molecular complexity index is 266. The Kier molecular flexibility index (Phi) is 3.44. The van der Waals surface area contributed by atoms with Crippen molar-refractivity contribution in [1.29, 1.82) is 0 Å². The third-order valence-corrected chi connectivity index (χ3v) is 2.46. The number of carbonyl (C=O) groups is 3. The number of carbonyl (C=O) groups excluding carboxylic acids is 3. The molecule has 0 aromatic heterocycles. The van der Waals surface area contributed by atoms with E-state index >= 15 is 0 Å². The lowest BCUT2D eigenvalue weighted by molar-refractivity contribution is -0.165. The summed E-state index contributed by atoms with van der Waals surface area (Å²) >= 11 is 0. The first-order valence-electron chi connectivity index (χ1n) is 4.93. The Morgan fingerprint density at radius 2 is 1.73 bits per heavy atom. The molecule has 0 unspecified atom stereocenters. The third kappa shape index (κ3) is 1.86. The van der Waals surface area contributed by atoms with Crippen LogP contribution in [0, 0.1) is 11.3 Å². The van der Waals surface area contributed by atoms with Crippen molar-refractivity contribution >= 4 is 18.2 Å². The van der Waals surface area contributed by atoms with Crippen LogP contribution in [-0.2, 0) is 23.9 Å². The van der Waals surface area contributed by atoms with Crippen LogP contribution in [-0.4, -0.2) is 31.4 Å². The summed E-state index contributed by atoms with van der Waals surface area (Å²) in [6.45, 7) is 3.67. The molecule has 0 aliphatic heterocycles. The van der Waals surface area contributed by atoms with Crippen LogP contribution in [0.2, 0.25) is 0 Å². The normalized spacial score (nSPS) is 21.6. The Balaban J connectivity index is 2.77. The van der Waals surface area contributed by atoms with Crippen LogP contribution in [0.15, 0.2) is 0 Å². The number of hydrogen-bond donors (Lipinski definition) is 0. The minimum absolute atomic E-state index is 0.186. The van der Waals surface area contributed by atoms with Crippen LogP contribution in [0.1, 0.15) is 20.3 Å². The molecule has 0 saturated heterocycles. The molecule has 1 atom stereocenters. The largest absolute Gasteiger partial charge is 0.465 e. The molecule has 0 aromatic rings. The summed E-state index contributed by atoms with van der Waals surface area (Å²) in [5.74, 6) is -1.89. The van der Waals surface area contributed by atoms with Crippen LogP contribution in [0.3, 0.4) is 0 Å². The highest BCUT2D eigenvalue weighted by atomic mass is 16.6. The fourth-order valence-corrected chi connectivity index (χ4v) is 1.52. The van der Waals surface area contributed by atoms with E-state index in [1.54, 1.807) is 13.8 Å². The summed E-state index contributed by atoms with van der Waals surface area (Å²) in [5, 5.41) is 0. The van der Waals surface area contributed by atoms with E-state index in [-0.39, 0.29) is 19.6 Å². The Morgan fingerprint density at radius 3 is 2.00 bits per heavy atom. The van der Waals surface area contributed by atoms with E-state index in [2.05, 4.69) is 0 Å². The summed E-state index contributed by atoms with van der Waals surface area (Å²) in [6, 6.07) is 0. The van der Waals surface area contributed by atoms with Crippen LogP contribution in [0.5, 0.6) is 0 Å². The van der Waals surface area contributed by atoms with Crippen molar-refractivity contribution in [2.24, 2.45) is 11.3 Å². The predicted molar refractivity (Wildman–Crippen MR) is 49.9 cm³/mol. The summed E-state index contributed by atoms with van der Waals surface area (Å²) in [7, 11) is 0. The molecular weight excluding hydrogens is 200 g/mol. The van der Waals surface area contributed by atoms with Crippen molar-refractivity contribution in [2.75, 3.05) is 13.2 Å². The maximum Gasteiger partial charge on any atom is 0.324 e. The fourth-order valence-electron chi connectivity index (χ4n) is 1.52. The minimum Gasteiger partial charge on any atom is -0.465 e. The Hall–Kier alpha value is -1.39. The van der Waals surface area contributed by atoms with Gasteiger partial charge in [-0.1, -0.05) is 0 Å². The highest BCUT2D eigenvalue weighted by molar-refractivity contribution is 6.07. The molecule has 5 heteroatoms. The van der Waals surface area contributed by atoms with Crippen molar-refractivity contribution in [3.8, 4) is 0 Å². The van der Waals surface area contributed by atoms with E-state index in [0.29, 0.717) is 6.29 Å².